The van der Waals surface area contributed by atoms with Gasteiger partial charge in [-0.05, 0) is 25.0 Å². The largest absolute Gasteiger partial charge is 0.371 e. The lowest BCUT2D eigenvalue weighted by Crippen LogP contribution is -2.53. The fourth-order valence-corrected chi connectivity index (χ4v) is 4.22. The first kappa shape index (κ1) is 16.2. The Balaban J connectivity index is 2.38. The fourth-order valence-electron chi connectivity index (χ4n) is 2.46. The predicted molar refractivity (Wildman–Crippen MR) is 83.6 cm³/mol. The molecule has 1 aliphatic heterocycles. The van der Waals surface area contributed by atoms with Crippen molar-refractivity contribution in [2.45, 2.75) is 37.8 Å². The number of aryl methyl sites for hydroxylation is 1. The molecule has 0 radical (unpaired) electrons. The van der Waals surface area contributed by atoms with Crippen LogP contribution in [0.25, 0.3) is 0 Å². The van der Waals surface area contributed by atoms with Crippen molar-refractivity contribution >= 4 is 10.0 Å². The normalized spacial score (nSPS) is 24.2. The maximum atomic E-state index is 12.9. The summed E-state index contributed by atoms with van der Waals surface area (Å²) in [6.07, 6.45) is 1.41. The van der Waals surface area contributed by atoms with Gasteiger partial charge in [-0.1, -0.05) is 37.6 Å². The lowest BCUT2D eigenvalue weighted by atomic mass is 10.0. The topological polar surface area (TPSA) is 46.6 Å². The number of ether oxygens (including phenoxy) is 1. The molecular formula is C16H23NO3S. The van der Waals surface area contributed by atoms with Crippen molar-refractivity contribution in [3.63, 3.8) is 0 Å². The van der Waals surface area contributed by atoms with Crippen LogP contribution in [0.3, 0.4) is 0 Å². The van der Waals surface area contributed by atoms with Gasteiger partial charge in [0.1, 0.15) is 0 Å². The first-order chi connectivity index (χ1) is 9.86. The maximum absolute atomic E-state index is 12.9. The van der Waals surface area contributed by atoms with Gasteiger partial charge in [0.05, 0.1) is 23.6 Å². The summed E-state index contributed by atoms with van der Waals surface area (Å²) < 4.78 is 33.0. The van der Waals surface area contributed by atoms with Crippen LogP contribution in [0.2, 0.25) is 0 Å². The Hall–Kier alpha value is -1.17. The number of nitrogens with zero attached hydrogens (tertiary/aromatic N) is 1. The molecule has 2 atom stereocenters. The van der Waals surface area contributed by atoms with Crippen molar-refractivity contribution in [3.05, 3.63) is 42.5 Å². The quantitative estimate of drug-likeness (QED) is 0.803. The van der Waals surface area contributed by atoms with Crippen molar-refractivity contribution in [1.82, 2.24) is 4.31 Å². The highest BCUT2D eigenvalue weighted by Gasteiger charge is 2.38. The van der Waals surface area contributed by atoms with E-state index in [-0.39, 0.29) is 18.1 Å². The van der Waals surface area contributed by atoms with Crippen LogP contribution in [-0.2, 0) is 14.8 Å². The molecule has 5 heteroatoms. The molecule has 116 valence electrons. The van der Waals surface area contributed by atoms with Gasteiger partial charge in [-0.15, -0.1) is 6.58 Å². The Morgan fingerprint density at radius 3 is 2.48 bits per heavy atom. The Bertz CT molecular complexity index is 592. The van der Waals surface area contributed by atoms with Gasteiger partial charge in [0.15, 0.2) is 0 Å². The van der Waals surface area contributed by atoms with Gasteiger partial charge < -0.3 is 4.74 Å². The summed E-state index contributed by atoms with van der Waals surface area (Å²) in [4.78, 5) is 0.337. The van der Waals surface area contributed by atoms with Crippen molar-refractivity contribution < 1.29 is 13.2 Å². The summed E-state index contributed by atoms with van der Waals surface area (Å²) in [6, 6.07) is 6.83. The second kappa shape index (κ2) is 6.30. The van der Waals surface area contributed by atoms with Crippen LogP contribution in [0.5, 0.6) is 0 Å². The van der Waals surface area contributed by atoms with Gasteiger partial charge in [-0.25, -0.2) is 8.42 Å². The lowest BCUT2D eigenvalue weighted by Gasteiger charge is -2.39. The summed E-state index contributed by atoms with van der Waals surface area (Å²) in [6.45, 7) is 10.4. The molecule has 1 aliphatic rings. The van der Waals surface area contributed by atoms with Crippen LogP contribution in [0.1, 0.15) is 19.4 Å². The molecule has 0 aromatic heterocycles. The standard InChI is InChI=1S/C16H23NO3S/c1-5-14-10-17(16(11-20-14)12(2)3)21(18,19)15-8-6-13(4)7-9-15/h5-9,12,14,16H,1,10-11H2,2-4H3/t14-,16+/m0/s1. The van der Waals surface area contributed by atoms with Crippen LogP contribution in [-0.4, -0.2) is 38.0 Å². The molecule has 0 unspecified atom stereocenters. The Kier molecular flexibility index (Phi) is 4.86. The smallest absolute Gasteiger partial charge is 0.243 e. The third-order valence-electron chi connectivity index (χ3n) is 3.87. The molecule has 0 bridgehead atoms. The third-order valence-corrected chi connectivity index (χ3v) is 5.78. The minimum Gasteiger partial charge on any atom is -0.371 e. The third kappa shape index (κ3) is 3.36. The van der Waals surface area contributed by atoms with E-state index in [1.807, 2.05) is 32.9 Å². The number of hydrogen-bond acceptors (Lipinski definition) is 3. The number of sulfonamides is 1. The van der Waals surface area contributed by atoms with E-state index in [4.69, 9.17) is 4.74 Å². The highest BCUT2D eigenvalue weighted by atomic mass is 32.2. The highest BCUT2D eigenvalue weighted by molar-refractivity contribution is 7.89. The fraction of sp³-hybridized carbons (Fsp3) is 0.500. The number of morpholine rings is 1. The second-order valence-corrected chi connectivity index (χ2v) is 7.70. The van der Waals surface area contributed by atoms with E-state index in [9.17, 15) is 8.42 Å². The zero-order valence-corrected chi connectivity index (χ0v) is 13.6. The Morgan fingerprint density at radius 1 is 1.33 bits per heavy atom. The summed E-state index contributed by atoms with van der Waals surface area (Å²) >= 11 is 0. The van der Waals surface area contributed by atoms with Gasteiger partial charge >= 0.3 is 0 Å². The van der Waals surface area contributed by atoms with E-state index in [0.29, 0.717) is 18.0 Å². The zero-order valence-electron chi connectivity index (χ0n) is 12.8. The van der Waals surface area contributed by atoms with E-state index < -0.39 is 10.0 Å². The molecule has 1 fully saturated rings. The second-order valence-electron chi connectivity index (χ2n) is 5.81. The molecule has 1 saturated heterocycles. The SMILES string of the molecule is C=C[C@H]1CN(S(=O)(=O)c2ccc(C)cc2)[C@@H](C(C)C)CO1. The predicted octanol–water partition coefficient (Wildman–Crippen LogP) is 2.60. The molecule has 1 heterocycles. The highest BCUT2D eigenvalue weighted by Crippen LogP contribution is 2.26. The average molecular weight is 309 g/mol. The van der Waals surface area contributed by atoms with E-state index >= 15 is 0 Å². The van der Waals surface area contributed by atoms with Crippen LogP contribution in [0.15, 0.2) is 41.8 Å². The summed E-state index contributed by atoms with van der Waals surface area (Å²) in [5.41, 5.74) is 1.04. The van der Waals surface area contributed by atoms with Gasteiger partial charge in [-0.2, -0.15) is 4.31 Å². The van der Waals surface area contributed by atoms with Crippen molar-refractivity contribution in [1.29, 1.82) is 0 Å². The molecule has 4 nitrogen and oxygen atoms in total. The van der Waals surface area contributed by atoms with Crippen LogP contribution >= 0.6 is 0 Å². The molecule has 0 N–H and O–H groups in total. The van der Waals surface area contributed by atoms with E-state index in [1.54, 1.807) is 22.5 Å². The van der Waals surface area contributed by atoms with Gasteiger partial charge in [0.2, 0.25) is 10.0 Å². The maximum Gasteiger partial charge on any atom is 0.243 e. The average Bonchev–Trinajstić information content (AvgIpc) is 2.47. The molecule has 0 aliphatic carbocycles. The number of benzene rings is 1. The van der Waals surface area contributed by atoms with Gasteiger partial charge in [0.25, 0.3) is 0 Å². The molecule has 0 spiro atoms. The summed E-state index contributed by atoms with van der Waals surface area (Å²) in [5.74, 6) is 0.191. The first-order valence-electron chi connectivity index (χ1n) is 7.19. The molecule has 2 rings (SSSR count). The van der Waals surface area contributed by atoms with E-state index in [2.05, 4.69) is 6.58 Å². The summed E-state index contributed by atoms with van der Waals surface area (Å²) in [7, 11) is -3.51. The number of hydrogen-bond donors (Lipinski definition) is 0. The summed E-state index contributed by atoms with van der Waals surface area (Å²) in [5, 5.41) is 0. The molecule has 0 amide bonds. The van der Waals surface area contributed by atoms with Gasteiger partial charge in [0, 0.05) is 6.54 Å². The molecule has 1 aromatic carbocycles. The van der Waals surface area contributed by atoms with Crippen molar-refractivity contribution in [2.75, 3.05) is 13.2 Å². The minimum atomic E-state index is -3.51. The Morgan fingerprint density at radius 2 is 1.95 bits per heavy atom. The minimum absolute atomic E-state index is 0.146. The Labute approximate surface area is 127 Å². The van der Waals surface area contributed by atoms with Crippen LogP contribution in [0, 0.1) is 12.8 Å². The molecule has 0 saturated carbocycles. The molecular weight excluding hydrogens is 286 g/mol. The van der Waals surface area contributed by atoms with E-state index in [0.717, 1.165) is 5.56 Å². The van der Waals surface area contributed by atoms with Crippen LogP contribution in [0.4, 0.5) is 0 Å². The molecule has 21 heavy (non-hydrogen) atoms. The first-order valence-corrected chi connectivity index (χ1v) is 8.63. The van der Waals surface area contributed by atoms with Gasteiger partial charge in [-0.3, -0.25) is 0 Å². The monoisotopic (exact) mass is 309 g/mol. The zero-order chi connectivity index (χ0) is 15.6. The van der Waals surface area contributed by atoms with E-state index in [1.165, 1.54) is 0 Å². The number of rotatable bonds is 4. The lowest BCUT2D eigenvalue weighted by molar-refractivity contribution is -0.0209. The van der Waals surface area contributed by atoms with Crippen LogP contribution < -0.4 is 0 Å². The molecule has 1 aromatic rings. The van der Waals surface area contributed by atoms with Crippen molar-refractivity contribution in [2.24, 2.45) is 5.92 Å². The van der Waals surface area contributed by atoms with Crippen molar-refractivity contribution in [3.8, 4) is 0 Å².